The average molecular weight is 527 g/mol. The van der Waals surface area contributed by atoms with E-state index in [-0.39, 0.29) is 36.6 Å². The van der Waals surface area contributed by atoms with Crippen LogP contribution < -0.4 is 0 Å². The standard InChI is InChI=1S/3C6H10O3.C2H5O.Zr/c3*1-3-9-6(8)4-5(2)7;1-2-3;/h3*3-4H2,1-2H3;2H2,1H3;/q;;;-1;+1. The summed E-state index contributed by atoms with van der Waals surface area (Å²) in [6.07, 6.45) is -0.310. The third-order valence-corrected chi connectivity index (χ3v) is 2.95. The molecule has 0 atom stereocenters. The monoisotopic (exact) mass is 525 g/mol. The summed E-state index contributed by atoms with van der Waals surface area (Å²) < 4.78 is 18.1. The van der Waals surface area contributed by atoms with Crippen LogP contribution in [0, 0.1) is 0 Å². The summed E-state index contributed by atoms with van der Waals surface area (Å²) in [6.45, 7) is 13.1. The van der Waals surface area contributed by atoms with Gasteiger partial charge < -0.3 is 14.2 Å². The SMILES string of the molecule is CCOC(=O)CC(C)=O.CCOC(=O)CC(C)=O.CCOC(=O)CC(C)=O.CC[O][Zr]. The average Bonchev–Trinajstić information content (AvgIpc) is 2.61. The Morgan fingerprint density at radius 1 is 0.516 bits per heavy atom. The molecule has 0 saturated carbocycles. The van der Waals surface area contributed by atoms with E-state index < -0.39 is 17.9 Å². The number of rotatable bonds is 10. The predicted octanol–water partition coefficient (Wildman–Crippen LogP) is 2.07. The zero-order valence-corrected chi connectivity index (χ0v) is 22.0. The van der Waals surface area contributed by atoms with Crippen molar-refractivity contribution in [1.29, 1.82) is 0 Å². The summed E-state index contributed by atoms with van der Waals surface area (Å²) in [7, 11) is 0. The van der Waals surface area contributed by atoms with Gasteiger partial charge >= 0.3 is 59.4 Å². The maximum absolute atomic E-state index is 10.4. The number of esters is 3. The van der Waals surface area contributed by atoms with Gasteiger partial charge in [0.25, 0.3) is 0 Å². The molecule has 11 heteroatoms. The molecule has 0 aromatic carbocycles. The Labute approximate surface area is 200 Å². The van der Waals surface area contributed by atoms with Gasteiger partial charge in [0, 0.05) is 0 Å². The first kappa shape index (κ1) is 36.6. The summed E-state index contributed by atoms with van der Waals surface area (Å²) in [6, 6.07) is 0. The zero-order valence-electron chi connectivity index (χ0n) is 19.5. The second-order valence-corrected chi connectivity index (χ2v) is 6.19. The van der Waals surface area contributed by atoms with Crippen LogP contribution in [0.3, 0.4) is 0 Å². The van der Waals surface area contributed by atoms with Gasteiger partial charge in [-0.05, 0) is 41.5 Å². The van der Waals surface area contributed by atoms with E-state index in [2.05, 4.69) is 17.0 Å². The van der Waals surface area contributed by atoms with Crippen molar-refractivity contribution >= 4 is 35.3 Å². The van der Waals surface area contributed by atoms with E-state index in [9.17, 15) is 28.8 Å². The maximum atomic E-state index is 10.4. The fraction of sp³-hybridized carbons (Fsp3) is 0.700. The minimum atomic E-state index is -0.440. The summed E-state index contributed by atoms with van der Waals surface area (Å²) in [4.78, 5) is 61.9. The normalized spacial score (nSPS) is 8.45. The summed E-state index contributed by atoms with van der Waals surface area (Å²) in [5.41, 5.74) is 0. The summed E-state index contributed by atoms with van der Waals surface area (Å²) in [5.74, 6) is -1.80. The molecule has 0 radical (unpaired) electrons. The van der Waals surface area contributed by atoms with Crippen LogP contribution in [0.25, 0.3) is 0 Å². The van der Waals surface area contributed by atoms with Gasteiger partial charge in [0.05, 0.1) is 19.8 Å². The van der Waals surface area contributed by atoms with E-state index >= 15 is 0 Å². The minimum absolute atomic E-state index is 0.103. The molecule has 0 spiro atoms. The van der Waals surface area contributed by atoms with Crippen LogP contribution in [0.4, 0.5) is 0 Å². The van der Waals surface area contributed by atoms with E-state index in [1.165, 1.54) is 45.9 Å². The zero-order chi connectivity index (χ0) is 25.2. The van der Waals surface area contributed by atoms with Crippen molar-refractivity contribution in [1.82, 2.24) is 0 Å². The molecule has 0 rings (SSSR count). The van der Waals surface area contributed by atoms with Crippen molar-refractivity contribution < 1.29 is 71.0 Å². The topological polar surface area (TPSA) is 139 Å². The first-order valence-electron chi connectivity index (χ1n) is 9.65. The summed E-state index contributed by atoms with van der Waals surface area (Å²) in [5, 5.41) is 0. The van der Waals surface area contributed by atoms with E-state index in [1.54, 1.807) is 20.8 Å². The third-order valence-electron chi connectivity index (χ3n) is 2.24. The van der Waals surface area contributed by atoms with E-state index in [4.69, 9.17) is 0 Å². The Morgan fingerprint density at radius 2 is 0.710 bits per heavy atom. The quantitative estimate of drug-likeness (QED) is 0.236. The Morgan fingerprint density at radius 3 is 0.806 bits per heavy atom. The van der Waals surface area contributed by atoms with Crippen molar-refractivity contribution in [3.8, 4) is 0 Å². The molecule has 0 unspecified atom stereocenters. The molecule has 0 aliphatic rings. The molecule has 0 fully saturated rings. The molecule has 179 valence electrons. The van der Waals surface area contributed by atoms with Crippen molar-refractivity contribution in [3.05, 3.63) is 0 Å². The molecular formula is C20H35O10Zr. The number of carbonyl (C=O) groups excluding carboxylic acids is 6. The first-order chi connectivity index (χ1) is 14.4. The first-order valence-corrected chi connectivity index (χ1v) is 10.6. The number of hydrogen-bond acceptors (Lipinski definition) is 10. The molecule has 0 aromatic rings. The second kappa shape index (κ2) is 28.3. The van der Waals surface area contributed by atoms with Crippen LogP contribution >= 0.6 is 0 Å². The van der Waals surface area contributed by atoms with Crippen molar-refractivity contribution in [2.75, 3.05) is 26.4 Å². The van der Waals surface area contributed by atoms with Gasteiger partial charge in [-0.2, -0.15) is 0 Å². The predicted molar refractivity (Wildman–Crippen MR) is 107 cm³/mol. The van der Waals surface area contributed by atoms with Gasteiger partial charge in [-0.1, -0.05) is 0 Å². The van der Waals surface area contributed by atoms with Gasteiger partial charge in [0.1, 0.15) is 36.6 Å². The molecule has 0 N–H and O–H groups in total. The molecule has 0 saturated heterocycles. The van der Waals surface area contributed by atoms with Crippen LogP contribution in [0.15, 0.2) is 0 Å². The second-order valence-electron chi connectivity index (χ2n) is 5.48. The molecule has 0 heterocycles. The molecule has 10 nitrogen and oxygen atoms in total. The van der Waals surface area contributed by atoms with Gasteiger partial charge in [0.15, 0.2) is 0 Å². The molecule has 31 heavy (non-hydrogen) atoms. The fourth-order valence-corrected chi connectivity index (χ4v) is 1.25. The Kier molecular flexibility index (Phi) is 33.4. The number of ketones is 3. The van der Waals surface area contributed by atoms with Crippen molar-refractivity contribution in [2.45, 2.75) is 67.7 Å². The van der Waals surface area contributed by atoms with Gasteiger partial charge in [-0.15, -0.1) is 0 Å². The van der Waals surface area contributed by atoms with Crippen molar-refractivity contribution in [2.24, 2.45) is 0 Å². The Bertz CT molecular complexity index is 459. The number of Topliss-reactive ketones (excluding diaryl/α,β-unsaturated/α-hetero) is 3. The molecule has 0 aromatic heterocycles. The number of ether oxygens (including phenoxy) is 3. The Hall–Kier alpha value is -1.74. The Balaban J connectivity index is -0.000000162. The van der Waals surface area contributed by atoms with Crippen LogP contribution in [-0.4, -0.2) is 61.7 Å². The van der Waals surface area contributed by atoms with Crippen LogP contribution in [0.2, 0.25) is 0 Å². The summed E-state index contributed by atoms with van der Waals surface area (Å²) >= 11 is 1.17. The fourth-order valence-electron chi connectivity index (χ4n) is 1.25. The third kappa shape index (κ3) is 47.5. The van der Waals surface area contributed by atoms with E-state index in [0.29, 0.717) is 19.8 Å². The van der Waals surface area contributed by atoms with Gasteiger partial charge in [-0.3, -0.25) is 28.8 Å². The van der Waals surface area contributed by atoms with E-state index in [1.807, 2.05) is 6.92 Å². The van der Waals surface area contributed by atoms with E-state index in [0.717, 1.165) is 6.61 Å². The van der Waals surface area contributed by atoms with Crippen LogP contribution in [0.5, 0.6) is 0 Å². The van der Waals surface area contributed by atoms with Crippen LogP contribution in [-0.2, 0) is 71.0 Å². The van der Waals surface area contributed by atoms with Crippen LogP contribution in [0.1, 0.15) is 67.7 Å². The number of carbonyl (C=O) groups is 6. The molecule has 0 bridgehead atoms. The number of hydrogen-bond donors (Lipinski definition) is 0. The van der Waals surface area contributed by atoms with Crippen molar-refractivity contribution in [3.63, 3.8) is 0 Å². The molecule has 0 amide bonds. The molecular weight excluding hydrogens is 491 g/mol. The molecule has 0 aliphatic carbocycles. The van der Waals surface area contributed by atoms with Gasteiger partial charge in [-0.25, -0.2) is 0 Å². The van der Waals surface area contributed by atoms with Gasteiger partial charge in [0.2, 0.25) is 0 Å². The molecule has 0 aliphatic heterocycles.